The van der Waals surface area contributed by atoms with E-state index in [2.05, 4.69) is 62.5 Å². The lowest BCUT2D eigenvalue weighted by Gasteiger charge is -2.15. The van der Waals surface area contributed by atoms with Gasteiger partial charge < -0.3 is 14.6 Å². The van der Waals surface area contributed by atoms with E-state index in [9.17, 15) is 9.90 Å². The molecule has 0 saturated carbocycles. The van der Waals surface area contributed by atoms with E-state index in [4.69, 9.17) is 9.47 Å². The zero-order valence-corrected chi connectivity index (χ0v) is 27.8. The number of unbranched alkanes of at least 4 members (excludes halogenated alkanes) is 16. The van der Waals surface area contributed by atoms with Crippen LogP contribution in [0.3, 0.4) is 0 Å². The van der Waals surface area contributed by atoms with Crippen LogP contribution in [-0.2, 0) is 14.3 Å². The molecule has 0 spiro atoms. The molecule has 0 aliphatic heterocycles. The third-order valence-electron chi connectivity index (χ3n) is 7.42. The monoisotopic (exact) mass is 589 g/mol. The molecule has 1 unspecified atom stereocenters. The number of hydrogen-bond donors (Lipinski definition) is 1. The van der Waals surface area contributed by atoms with Gasteiger partial charge in [-0.05, 0) is 51.4 Å². The summed E-state index contributed by atoms with van der Waals surface area (Å²) in [7, 11) is 0. The van der Waals surface area contributed by atoms with Crippen molar-refractivity contribution in [1.82, 2.24) is 0 Å². The highest BCUT2D eigenvalue weighted by atomic mass is 16.6. The summed E-state index contributed by atoms with van der Waals surface area (Å²) in [5.41, 5.74) is 0. The van der Waals surface area contributed by atoms with E-state index >= 15 is 0 Å². The van der Waals surface area contributed by atoms with Gasteiger partial charge in [-0.3, -0.25) is 4.79 Å². The molecular weight excluding hydrogens is 520 g/mol. The van der Waals surface area contributed by atoms with Crippen molar-refractivity contribution in [2.24, 2.45) is 0 Å². The predicted molar refractivity (Wildman–Crippen MR) is 182 cm³/mol. The molecule has 1 N–H and O–H groups in total. The van der Waals surface area contributed by atoms with Crippen molar-refractivity contribution in [3.05, 3.63) is 48.6 Å². The van der Waals surface area contributed by atoms with Crippen LogP contribution in [0.4, 0.5) is 0 Å². The van der Waals surface area contributed by atoms with Crippen LogP contribution < -0.4 is 0 Å². The van der Waals surface area contributed by atoms with E-state index in [1.54, 1.807) is 0 Å². The SMILES string of the molecule is CC/C=C\C/C=C\C/C=C\C/C=C\CCCCCCCCCCCCC(=O)OC(CO)COCCCCCCCCC. The lowest BCUT2D eigenvalue weighted by atomic mass is 10.0. The third kappa shape index (κ3) is 32.9. The van der Waals surface area contributed by atoms with E-state index in [1.165, 1.54) is 96.3 Å². The maximum absolute atomic E-state index is 12.1. The van der Waals surface area contributed by atoms with E-state index in [0.29, 0.717) is 19.6 Å². The minimum Gasteiger partial charge on any atom is -0.457 e. The van der Waals surface area contributed by atoms with Crippen LogP contribution in [0.25, 0.3) is 0 Å². The molecule has 4 nitrogen and oxygen atoms in total. The van der Waals surface area contributed by atoms with Crippen LogP contribution >= 0.6 is 0 Å². The second kappa shape index (κ2) is 35.5. The van der Waals surface area contributed by atoms with Crippen molar-refractivity contribution in [3.63, 3.8) is 0 Å². The Morgan fingerprint density at radius 3 is 1.62 bits per heavy atom. The molecule has 0 heterocycles. The summed E-state index contributed by atoms with van der Waals surface area (Å²) in [6, 6.07) is 0. The highest BCUT2D eigenvalue weighted by molar-refractivity contribution is 5.69. The number of allylic oxidation sites excluding steroid dienone is 8. The van der Waals surface area contributed by atoms with Gasteiger partial charge in [-0.1, -0.05) is 152 Å². The summed E-state index contributed by atoms with van der Waals surface area (Å²) in [6.45, 7) is 5.19. The smallest absolute Gasteiger partial charge is 0.306 e. The van der Waals surface area contributed by atoms with Crippen LogP contribution in [0.1, 0.15) is 162 Å². The molecule has 4 heteroatoms. The van der Waals surface area contributed by atoms with Gasteiger partial charge in [-0.2, -0.15) is 0 Å². The second-order valence-corrected chi connectivity index (χ2v) is 11.6. The highest BCUT2D eigenvalue weighted by Gasteiger charge is 2.13. The average molecular weight is 589 g/mol. The molecule has 0 saturated heterocycles. The van der Waals surface area contributed by atoms with Gasteiger partial charge in [0.25, 0.3) is 0 Å². The number of aliphatic hydroxyl groups is 1. The summed E-state index contributed by atoms with van der Waals surface area (Å²) in [4.78, 5) is 12.1. The first-order valence-electron chi connectivity index (χ1n) is 17.7. The Morgan fingerprint density at radius 1 is 0.595 bits per heavy atom. The third-order valence-corrected chi connectivity index (χ3v) is 7.42. The minimum absolute atomic E-state index is 0.173. The molecule has 244 valence electrons. The van der Waals surface area contributed by atoms with Crippen molar-refractivity contribution >= 4 is 5.97 Å². The number of esters is 1. The van der Waals surface area contributed by atoms with Gasteiger partial charge in [0.15, 0.2) is 0 Å². The summed E-state index contributed by atoms with van der Waals surface area (Å²) in [5, 5.41) is 9.49. The molecule has 0 rings (SSSR count). The number of carbonyl (C=O) groups excluding carboxylic acids is 1. The Kier molecular flexibility index (Phi) is 34.1. The van der Waals surface area contributed by atoms with E-state index in [1.807, 2.05) is 0 Å². The van der Waals surface area contributed by atoms with Gasteiger partial charge in [0, 0.05) is 13.0 Å². The molecule has 0 radical (unpaired) electrons. The molecule has 0 aliphatic carbocycles. The largest absolute Gasteiger partial charge is 0.457 e. The Balaban J connectivity index is 3.44. The van der Waals surface area contributed by atoms with Crippen LogP contribution in [-0.4, -0.2) is 37.0 Å². The minimum atomic E-state index is -0.532. The molecule has 0 amide bonds. The molecule has 1 atom stereocenters. The molecule has 42 heavy (non-hydrogen) atoms. The standard InChI is InChI=1S/C38H68O4/c1-3-5-7-9-11-12-13-14-15-16-17-18-19-20-21-22-23-24-25-26-27-29-31-33-38(40)42-37(35-39)36-41-34-32-30-28-10-8-6-4-2/h5,7,11-12,14-15,17-18,37,39H,3-4,6,8-10,13,16,19-36H2,1-2H3/b7-5-,12-11-,15-14-,18-17-. The Morgan fingerprint density at radius 2 is 1.07 bits per heavy atom. The van der Waals surface area contributed by atoms with Gasteiger partial charge >= 0.3 is 5.97 Å². The summed E-state index contributed by atoms with van der Waals surface area (Å²) < 4.78 is 11.0. The Hall–Kier alpha value is -1.65. The molecule has 0 aromatic rings. The first-order valence-corrected chi connectivity index (χ1v) is 17.7. The summed E-state index contributed by atoms with van der Waals surface area (Å²) in [5.74, 6) is -0.209. The molecule has 0 aromatic carbocycles. The fraction of sp³-hybridized carbons (Fsp3) is 0.763. The number of carbonyl (C=O) groups is 1. The normalized spacial score (nSPS) is 12.9. The fourth-order valence-corrected chi connectivity index (χ4v) is 4.79. The number of ether oxygens (including phenoxy) is 2. The number of rotatable bonds is 32. The van der Waals surface area contributed by atoms with Crippen LogP contribution in [0.15, 0.2) is 48.6 Å². The van der Waals surface area contributed by atoms with Crippen molar-refractivity contribution in [2.75, 3.05) is 19.8 Å². The average Bonchev–Trinajstić information content (AvgIpc) is 3.00. The van der Waals surface area contributed by atoms with Crippen LogP contribution in [0, 0.1) is 0 Å². The lowest BCUT2D eigenvalue weighted by Crippen LogP contribution is -2.27. The molecule has 0 bridgehead atoms. The van der Waals surface area contributed by atoms with Crippen LogP contribution in [0.5, 0.6) is 0 Å². The maximum Gasteiger partial charge on any atom is 0.306 e. The molecule has 0 aromatic heterocycles. The lowest BCUT2D eigenvalue weighted by molar-refractivity contribution is -0.154. The predicted octanol–water partition coefficient (Wildman–Crippen LogP) is 11.1. The Bertz CT molecular complexity index is 664. The van der Waals surface area contributed by atoms with Crippen LogP contribution in [0.2, 0.25) is 0 Å². The number of hydrogen-bond acceptors (Lipinski definition) is 4. The summed E-state index contributed by atoms with van der Waals surface area (Å²) in [6.07, 6.45) is 44.4. The Labute approximate surface area is 261 Å². The molecule has 0 fully saturated rings. The molecule has 0 aliphatic rings. The van der Waals surface area contributed by atoms with Gasteiger partial charge in [-0.15, -0.1) is 0 Å². The van der Waals surface area contributed by atoms with E-state index < -0.39 is 6.10 Å². The van der Waals surface area contributed by atoms with Crippen molar-refractivity contribution in [2.45, 2.75) is 168 Å². The van der Waals surface area contributed by atoms with Crippen molar-refractivity contribution in [3.8, 4) is 0 Å². The highest BCUT2D eigenvalue weighted by Crippen LogP contribution is 2.13. The topological polar surface area (TPSA) is 55.8 Å². The van der Waals surface area contributed by atoms with E-state index in [0.717, 1.165) is 44.9 Å². The number of aliphatic hydroxyl groups excluding tert-OH is 1. The quantitative estimate of drug-likeness (QED) is 0.0482. The maximum atomic E-state index is 12.1. The second-order valence-electron chi connectivity index (χ2n) is 11.6. The molecular formula is C38H68O4. The van der Waals surface area contributed by atoms with Gasteiger partial charge in [0.05, 0.1) is 13.2 Å². The van der Waals surface area contributed by atoms with Gasteiger partial charge in [0.2, 0.25) is 0 Å². The van der Waals surface area contributed by atoms with E-state index in [-0.39, 0.29) is 12.6 Å². The zero-order chi connectivity index (χ0) is 30.6. The first kappa shape index (κ1) is 40.4. The summed E-state index contributed by atoms with van der Waals surface area (Å²) >= 11 is 0. The van der Waals surface area contributed by atoms with Gasteiger partial charge in [0.1, 0.15) is 6.10 Å². The van der Waals surface area contributed by atoms with Crippen molar-refractivity contribution in [1.29, 1.82) is 0 Å². The van der Waals surface area contributed by atoms with Gasteiger partial charge in [-0.25, -0.2) is 0 Å². The van der Waals surface area contributed by atoms with Crippen molar-refractivity contribution < 1.29 is 19.4 Å². The zero-order valence-electron chi connectivity index (χ0n) is 27.8. The first-order chi connectivity index (χ1) is 20.7. The fourth-order valence-electron chi connectivity index (χ4n) is 4.79.